The number of nitrogens with one attached hydrogen (secondary N) is 1. The highest BCUT2D eigenvalue weighted by molar-refractivity contribution is 7.99. The summed E-state index contributed by atoms with van der Waals surface area (Å²) >= 11 is 7.50. The van der Waals surface area contributed by atoms with E-state index >= 15 is 0 Å². The molecule has 0 bridgehead atoms. The summed E-state index contributed by atoms with van der Waals surface area (Å²) in [4.78, 5) is 12.0. The molecule has 1 heterocycles. The van der Waals surface area contributed by atoms with Crippen LogP contribution in [-0.2, 0) is 4.79 Å². The van der Waals surface area contributed by atoms with Gasteiger partial charge in [0, 0.05) is 22.9 Å². The van der Waals surface area contributed by atoms with E-state index in [-0.39, 0.29) is 5.91 Å². The number of thioether (sulfide) groups is 1. The van der Waals surface area contributed by atoms with Crippen LogP contribution in [0.5, 0.6) is 0 Å². The van der Waals surface area contributed by atoms with Gasteiger partial charge in [-0.15, -0.1) is 10.2 Å². The van der Waals surface area contributed by atoms with E-state index in [2.05, 4.69) is 15.5 Å². The van der Waals surface area contributed by atoms with Crippen molar-refractivity contribution in [2.75, 3.05) is 11.1 Å². The van der Waals surface area contributed by atoms with Gasteiger partial charge in [-0.3, -0.25) is 9.36 Å². The molecular formula is C17H15ClN4OS. The molecule has 1 aromatic heterocycles. The fourth-order valence-electron chi connectivity index (χ4n) is 2.11. The first-order chi connectivity index (χ1) is 11.7. The predicted molar refractivity (Wildman–Crippen MR) is 96.8 cm³/mol. The van der Waals surface area contributed by atoms with Crippen molar-refractivity contribution in [1.82, 2.24) is 14.8 Å². The first kappa shape index (κ1) is 16.5. The van der Waals surface area contributed by atoms with Gasteiger partial charge in [-0.25, -0.2) is 0 Å². The molecule has 0 saturated heterocycles. The van der Waals surface area contributed by atoms with Gasteiger partial charge in [0.2, 0.25) is 5.91 Å². The standard InChI is InChI=1S/C17H15ClN4OS/c18-13-5-4-8-15(11-13)22-12-19-21-17(22)24-10-9-16(23)20-14-6-2-1-3-7-14/h1-8,11-12H,9-10H2,(H,20,23). The van der Waals surface area contributed by atoms with Crippen molar-refractivity contribution in [3.05, 3.63) is 65.9 Å². The molecule has 0 aliphatic carbocycles. The smallest absolute Gasteiger partial charge is 0.225 e. The van der Waals surface area contributed by atoms with E-state index in [1.54, 1.807) is 6.33 Å². The zero-order chi connectivity index (χ0) is 16.8. The van der Waals surface area contributed by atoms with Crippen molar-refractivity contribution in [2.24, 2.45) is 0 Å². The van der Waals surface area contributed by atoms with Crippen LogP contribution in [0.4, 0.5) is 5.69 Å². The zero-order valence-electron chi connectivity index (χ0n) is 12.7. The molecule has 24 heavy (non-hydrogen) atoms. The van der Waals surface area contributed by atoms with Crippen molar-refractivity contribution in [3.63, 3.8) is 0 Å². The number of anilines is 1. The lowest BCUT2D eigenvalue weighted by Crippen LogP contribution is -2.12. The van der Waals surface area contributed by atoms with Crippen molar-refractivity contribution in [2.45, 2.75) is 11.6 Å². The fraction of sp³-hybridized carbons (Fsp3) is 0.118. The van der Waals surface area contributed by atoms with Gasteiger partial charge in [-0.2, -0.15) is 0 Å². The Kier molecular flexibility index (Phi) is 5.51. The molecule has 0 unspecified atom stereocenters. The molecule has 0 fully saturated rings. The molecule has 3 rings (SSSR count). The van der Waals surface area contributed by atoms with Crippen molar-refractivity contribution < 1.29 is 4.79 Å². The van der Waals surface area contributed by atoms with Gasteiger partial charge in [0.25, 0.3) is 0 Å². The van der Waals surface area contributed by atoms with Gasteiger partial charge >= 0.3 is 0 Å². The number of aromatic nitrogens is 3. The van der Waals surface area contributed by atoms with Crippen LogP contribution in [0.3, 0.4) is 0 Å². The number of hydrogen-bond donors (Lipinski definition) is 1. The summed E-state index contributed by atoms with van der Waals surface area (Å²) in [6, 6.07) is 16.9. The van der Waals surface area contributed by atoms with E-state index < -0.39 is 0 Å². The van der Waals surface area contributed by atoms with Crippen molar-refractivity contribution >= 4 is 35.0 Å². The number of para-hydroxylation sites is 1. The Morgan fingerprint density at radius 2 is 2.00 bits per heavy atom. The molecule has 3 aromatic rings. The van der Waals surface area contributed by atoms with Gasteiger partial charge < -0.3 is 5.32 Å². The van der Waals surface area contributed by atoms with Crippen LogP contribution < -0.4 is 5.32 Å². The van der Waals surface area contributed by atoms with Crippen LogP contribution in [0.2, 0.25) is 5.02 Å². The highest BCUT2D eigenvalue weighted by Gasteiger charge is 2.09. The molecular weight excluding hydrogens is 344 g/mol. The summed E-state index contributed by atoms with van der Waals surface area (Å²) in [5.74, 6) is 0.584. The number of halogens is 1. The minimum atomic E-state index is -0.0254. The SMILES string of the molecule is O=C(CCSc1nncn1-c1cccc(Cl)c1)Nc1ccccc1. The second-order valence-electron chi connectivity index (χ2n) is 4.98. The van der Waals surface area contributed by atoms with Crippen molar-refractivity contribution in [3.8, 4) is 5.69 Å². The second kappa shape index (κ2) is 7.99. The van der Waals surface area contributed by atoms with E-state index in [0.29, 0.717) is 17.2 Å². The summed E-state index contributed by atoms with van der Waals surface area (Å²) in [5, 5.41) is 12.3. The summed E-state index contributed by atoms with van der Waals surface area (Å²) in [6.45, 7) is 0. The Morgan fingerprint density at radius 1 is 1.17 bits per heavy atom. The molecule has 5 nitrogen and oxygen atoms in total. The number of rotatable bonds is 6. The molecule has 0 atom stereocenters. The Hall–Kier alpha value is -2.31. The van der Waals surface area contributed by atoms with E-state index in [0.717, 1.165) is 16.5 Å². The van der Waals surface area contributed by atoms with E-state index in [1.807, 2.05) is 59.2 Å². The van der Waals surface area contributed by atoms with Gasteiger partial charge in [-0.05, 0) is 30.3 Å². The lowest BCUT2D eigenvalue weighted by molar-refractivity contribution is -0.115. The van der Waals surface area contributed by atoms with Crippen LogP contribution in [0.15, 0.2) is 66.1 Å². The van der Waals surface area contributed by atoms with Crippen LogP contribution in [0, 0.1) is 0 Å². The first-order valence-electron chi connectivity index (χ1n) is 7.36. The summed E-state index contributed by atoms with van der Waals surface area (Å²) in [6.07, 6.45) is 2.03. The monoisotopic (exact) mass is 358 g/mol. The molecule has 7 heteroatoms. The molecule has 122 valence electrons. The number of amides is 1. The molecule has 0 aliphatic rings. The average molecular weight is 359 g/mol. The Bertz CT molecular complexity index is 822. The highest BCUT2D eigenvalue weighted by atomic mass is 35.5. The lowest BCUT2D eigenvalue weighted by Gasteiger charge is -2.07. The summed E-state index contributed by atoms with van der Waals surface area (Å²) in [7, 11) is 0. The van der Waals surface area contributed by atoms with Gasteiger partial charge in [0.1, 0.15) is 6.33 Å². The Balaban J connectivity index is 1.56. The molecule has 0 saturated carbocycles. The number of nitrogens with zero attached hydrogens (tertiary/aromatic N) is 3. The maximum atomic E-state index is 12.0. The van der Waals surface area contributed by atoms with Crippen LogP contribution in [0.25, 0.3) is 5.69 Å². The fourth-order valence-corrected chi connectivity index (χ4v) is 3.16. The topological polar surface area (TPSA) is 59.8 Å². The lowest BCUT2D eigenvalue weighted by atomic mass is 10.3. The second-order valence-corrected chi connectivity index (χ2v) is 6.47. The highest BCUT2D eigenvalue weighted by Crippen LogP contribution is 2.22. The van der Waals surface area contributed by atoms with Crippen molar-refractivity contribution in [1.29, 1.82) is 0 Å². The van der Waals surface area contributed by atoms with E-state index in [9.17, 15) is 4.79 Å². The molecule has 0 aliphatic heterocycles. The predicted octanol–water partition coefficient (Wildman–Crippen LogP) is 4.04. The normalized spacial score (nSPS) is 10.5. The minimum Gasteiger partial charge on any atom is -0.326 e. The van der Waals surface area contributed by atoms with E-state index in [4.69, 9.17) is 11.6 Å². The number of benzene rings is 2. The Labute approximate surface area is 149 Å². The third kappa shape index (κ3) is 4.37. The minimum absolute atomic E-state index is 0.0254. The molecule has 0 spiro atoms. The maximum Gasteiger partial charge on any atom is 0.225 e. The number of hydrogen-bond acceptors (Lipinski definition) is 4. The van der Waals surface area contributed by atoms with Gasteiger partial charge in [0.15, 0.2) is 5.16 Å². The molecule has 2 aromatic carbocycles. The van der Waals surface area contributed by atoms with Crippen LogP contribution in [-0.4, -0.2) is 26.4 Å². The maximum absolute atomic E-state index is 12.0. The number of carbonyl (C=O) groups is 1. The Morgan fingerprint density at radius 3 is 2.79 bits per heavy atom. The quantitative estimate of drug-likeness (QED) is 0.675. The molecule has 1 amide bonds. The third-order valence-corrected chi connectivity index (χ3v) is 4.40. The molecule has 1 N–H and O–H groups in total. The van der Waals surface area contributed by atoms with Crippen LogP contribution in [0.1, 0.15) is 6.42 Å². The third-order valence-electron chi connectivity index (χ3n) is 3.22. The zero-order valence-corrected chi connectivity index (χ0v) is 14.3. The number of carbonyl (C=O) groups excluding carboxylic acids is 1. The summed E-state index contributed by atoms with van der Waals surface area (Å²) in [5.41, 5.74) is 1.69. The van der Waals surface area contributed by atoms with E-state index in [1.165, 1.54) is 11.8 Å². The first-order valence-corrected chi connectivity index (χ1v) is 8.72. The average Bonchev–Trinajstić information content (AvgIpc) is 3.04. The molecule has 0 radical (unpaired) electrons. The largest absolute Gasteiger partial charge is 0.326 e. The van der Waals surface area contributed by atoms with Gasteiger partial charge in [-0.1, -0.05) is 47.6 Å². The van der Waals surface area contributed by atoms with Gasteiger partial charge in [0.05, 0.1) is 5.69 Å². The summed E-state index contributed by atoms with van der Waals surface area (Å²) < 4.78 is 1.85. The van der Waals surface area contributed by atoms with Crippen LogP contribution >= 0.6 is 23.4 Å².